The topological polar surface area (TPSA) is 63.6 Å². The van der Waals surface area contributed by atoms with Gasteiger partial charge in [0.25, 0.3) is 0 Å². The van der Waals surface area contributed by atoms with Crippen LogP contribution in [0.4, 0.5) is 0 Å². The highest BCUT2D eigenvalue weighted by Crippen LogP contribution is 2.36. The van der Waals surface area contributed by atoms with Crippen molar-refractivity contribution in [3.8, 4) is 11.5 Å². The lowest BCUT2D eigenvalue weighted by atomic mass is 10.3. The molecule has 1 aliphatic carbocycles. The van der Waals surface area contributed by atoms with E-state index in [-0.39, 0.29) is 21.6 Å². The van der Waals surface area contributed by atoms with Crippen LogP contribution in [0.15, 0.2) is 23.1 Å². The summed E-state index contributed by atoms with van der Waals surface area (Å²) in [4.78, 5) is 0.222. The fourth-order valence-corrected chi connectivity index (χ4v) is 3.08. The van der Waals surface area contributed by atoms with Gasteiger partial charge in [-0.05, 0) is 25.0 Å². The average Bonchev–Trinajstić information content (AvgIpc) is 3.01. The van der Waals surface area contributed by atoms with Crippen LogP contribution in [0.2, 0.25) is 0 Å². The van der Waals surface area contributed by atoms with Gasteiger partial charge in [-0.3, -0.25) is 0 Å². The lowest BCUT2D eigenvalue weighted by Gasteiger charge is -2.06. The maximum absolute atomic E-state index is 11.8. The molecular formula is C10H12O4S. The van der Waals surface area contributed by atoms with Crippen LogP contribution in [0.3, 0.4) is 0 Å². The predicted octanol–water partition coefficient (Wildman–Crippen LogP) is 1.34. The minimum atomic E-state index is -3.21. The summed E-state index contributed by atoms with van der Waals surface area (Å²) in [5, 5.41) is 9.09. The summed E-state index contributed by atoms with van der Waals surface area (Å²) in [7, 11) is -1.81. The summed E-state index contributed by atoms with van der Waals surface area (Å²) in [6, 6.07) is 4.11. The standard InChI is InChI=1S/C10H12O4S/c1-14-10-6-8(4-5-9(10)11)15(12,13)7-2-3-7/h4-7,11H,2-3H2,1H3. The first kappa shape index (κ1) is 10.3. The van der Waals surface area contributed by atoms with Crippen LogP contribution in [0, 0.1) is 0 Å². The van der Waals surface area contributed by atoms with E-state index in [0.29, 0.717) is 0 Å². The number of hydrogen-bond donors (Lipinski definition) is 1. The highest BCUT2D eigenvalue weighted by Gasteiger charge is 2.37. The van der Waals surface area contributed by atoms with Gasteiger partial charge in [-0.2, -0.15) is 0 Å². The molecule has 4 nitrogen and oxygen atoms in total. The number of phenolic OH excluding ortho intramolecular Hbond substituents is 1. The molecule has 1 fully saturated rings. The van der Waals surface area contributed by atoms with Crippen LogP contribution < -0.4 is 4.74 Å². The van der Waals surface area contributed by atoms with E-state index < -0.39 is 9.84 Å². The number of phenols is 1. The first-order valence-corrected chi connectivity index (χ1v) is 6.21. The van der Waals surface area contributed by atoms with Crippen molar-refractivity contribution in [2.24, 2.45) is 0 Å². The first-order valence-electron chi connectivity index (χ1n) is 4.66. The Bertz CT molecular complexity index is 474. The Hall–Kier alpha value is -1.23. The maximum Gasteiger partial charge on any atom is 0.181 e. The number of rotatable bonds is 3. The molecule has 0 radical (unpaired) electrons. The summed E-state index contributed by atoms with van der Waals surface area (Å²) in [6.45, 7) is 0. The molecule has 15 heavy (non-hydrogen) atoms. The molecular weight excluding hydrogens is 216 g/mol. The summed E-state index contributed by atoms with van der Waals surface area (Å²) in [6.07, 6.45) is 1.46. The minimum absolute atomic E-state index is 0.0488. The van der Waals surface area contributed by atoms with Gasteiger partial charge >= 0.3 is 0 Å². The van der Waals surface area contributed by atoms with Crippen LogP contribution >= 0.6 is 0 Å². The van der Waals surface area contributed by atoms with E-state index in [2.05, 4.69) is 0 Å². The van der Waals surface area contributed by atoms with Crippen LogP contribution in [-0.4, -0.2) is 25.9 Å². The predicted molar refractivity (Wildman–Crippen MR) is 54.9 cm³/mol. The van der Waals surface area contributed by atoms with E-state index in [1.165, 1.54) is 25.3 Å². The molecule has 0 spiro atoms. The molecule has 0 heterocycles. The van der Waals surface area contributed by atoms with Gasteiger partial charge in [0, 0.05) is 6.07 Å². The Morgan fingerprint density at radius 2 is 2.07 bits per heavy atom. The van der Waals surface area contributed by atoms with Gasteiger partial charge in [0.15, 0.2) is 21.3 Å². The Labute approximate surface area is 88.4 Å². The molecule has 1 aromatic carbocycles. The van der Waals surface area contributed by atoms with Gasteiger partial charge in [-0.15, -0.1) is 0 Å². The van der Waals surface area contributed by atoms with Crippen molar-refractivity contribution < 1.29 is 18.3 Å². The SMILES string of the molecule is COc1cc(S(=O)(=O)C2CC2)ccc1O. The quantitative estimate of drug-likeness (QED) is 0.847. The number of benzene rings is 1. The summed E-state index contributed by atoms with van der Waals surface area (Å²) >= 11 is 0. The zero-order valence-electron chi connectivity index (χ0n) is 8.30. The summed E-state index contributed by atoms with van der Waals surface area (Å²) in [5.41, 5.74) is 0. The first-order chi connectivity index (χ1) is 7.05. The number of aromatic hydroxyl groups is 1. The monoisotopic (exact) mass is 228 g/mol. The van der Waals surface area contributed by atoms with Crippen molar-refractivity contribution in [1.82, 2.24) is 0 Å². The van der Waals surface area contributed by atoms with Crippen LogP contribution in [0.5, 0.6) is 11.5 Å². The molecule has 0 saturated heterocycles. The van der Waals surface area contributed by atoms with Crippen molar-refractivity contribution in [3.05, 3.63) is 18.2 Å². The van der Waals surface area contributed by atoms with E-state index in [1.807, 2.05) is 0 Å². The number of sulfone groups is 1. The molecule has 0 unspecified atom stereocenters. The Morgan fingerprint density at radius 3 is 2.60 bits per heavy atom. The van der Waals surface area contributed by atoms with Gasteiger partial charge in [-0.1, -0.05) is 0 Å². The van der Waals surface area contributed by atoms with Crippen LogP contribution in [-0.2, 0) is 9.84 Å². The molecule has 1 aromatic rings. The largest absolute Gasteiger partial charge is 0.504 e. The van der Waals surface area contributed by atoms with Crippen LogP contribution in [0.1, 0.15) is 12.8 Å². The molecule has 0 bridgehead atoms. The van der Waals surface area contributed by atoms with Crippen molar-refractivity contribution in [1.29, 1.82) is 0 Å². The Morgan fingerprint density at radius 1 is 1.40 bits per heavy atom. The van der Waals surface area contributed by atoms with E-state index in [4.69, 9.17) is 4.74 Å². The van der Waals surface area contributed by atoms with Crippen molar-refractivity contribution in [2.45, 2.75) is 23.0 Å². The molecule has 5 heteroatoms. The molecule has 0 aliphatic heterocycles. The van der Waals surface area contributed by atoms with E-state index >= 15 is 0 Å². The minimum Gasteiger partial charge on any atom is -0.504 e. The second-order valence-electron chi connectivity index (χ2n) is 3.58. The third-order valence-electron chi connectivity index (χ3n) is 2.44. The molecule has 2 rings (SSSR count). The van der Waals surface area contributed by atoms with E-state index in [9.17, 15) is 13.5 Å². The van der Waals surface area contributed by atoms with Crippen molar-refractivity contribution in [2.75, 3.05) is 7.11 Å². The number of methoxy groups -OCH3 is 1. The highest BCUT2D eigenvalue weighted by atomic mass is 32.2. The van der Waals surface area contributed by atoms with E-state index in [1.54, 1.807) is 0 Å². The van der Waals surface area contributed by atoms with Gasteiger partial charge in [0.1, 0.15) is 0 Å². The van der Waals surface area contributed by atoms with Crippen LogP contribution in [0.25, 0.3) is 0 Å². The van der Waals surface area contributed by atoms with Crippen molar-refractivity contribution >= 4 is 9.84 Å². The summed E-state index contributed by atoms with van der Waals surface area (Å²) in [5.74, 6) is 0.143. The van der Waals surface area contributed by atoms with Gasteiger partial charge in [0.2, 0.25) is 0 Å². The fourth-order valence-electron chi connectivity index (χ4n) is 1.41. The maximum atomic E-state index is 11.8. The Kier molecular flexibility index (Phi) is 2.34. The number of ether oxygens (including phenoxy) is 1. The lowest BCUT2D eigenvalue weighted by molar-refractivity contribution is 0.372. The van der Waals surface area contributed by atoms with E-state index in [0.717, 1.165) is 12.8 Å². The second kappa shape index (κ2) is 3.41. The van der Waals surface area contributed by atoms with Gasteiger partial charge < -0.3 is 9.84 Å². The Balaban J connectivity index is 2.45. The molecule has 0 atom stereocenters. The lowest BCUT2D eigenvalue weighted by Crippen LogP contribution is -2.07. The molecule has 1 aliphatic rings. The normalized spacial score (nSPS) is 16.3. The zero-order valence-corrected chi connectivity index (χ0v) is 9.12. The zero-order chi connectivity index (χ0) is 11.1. The molecule has 1 saturated carbocycles. The molecule has 0 aromatic heterocycles. The average molecular weight is 228 g/mol. The van der Waals surface area contributed by atoms with Crippen molar-refractivity contribution in [3.63, 3.8) is 0 Å². The molecule has 82 valence electrons. The number of hydrogen-bond acceptors (Lipinski definition) is 4. The molecule has 1 N–H and O–H groups in total. The summed E-state index contributed by atoms with van der Waals surface area (Å²) < 4.78 is 28.5. The smallest absolute Gasteiger partial charge is 0.181 e. The van der Waals surface area contributed by atoms with Gasteiger partial charge in [-0.25, -0.2) is 8.42 Å². The molecule has 0 amide bonds. The highest BCUT2D eigenvalue weighted by molar-refractivity contribution is 7.92. The van der Waals surface area contributed by atoms with Gasteiger partial charge in [0.05, 0.1) is 17.3 Å². The third-order valence-corrected chi connectivity index (χ3v) is 4.70. The second-order valence-corrected chi connectivity index (χ2v) is 5.81. The third kappa shape index (κ3) is 1.79. The fraction of sp³-hybridized carbons (Fsp3) is 0.400.